The number of nitrogens with zero attached hydrogens (tertiary/aromatic N) is 2. The predicted molar refractivity (Wildman–Crippen MR) is 167 cm³/mol. The van der Waals surface area contributed by atoms with Crippen molar-refractivity contribution in [1.29, 1.82) is 0 Å². The van der Waals surface area contributed by atoms with Gasteiger partial charge < -0.3 is 15.2 Å². The van der Waals surface area contributed by atoms with Gasteiger partial charge >= 0.3 is 5.69 Å². The summed E-state index contributed by atoms with van der Waals surface area (Å²) in [7, 11) is 0. The number of aryl methyl sites for hydroxylation is 2. The van der Waals surface area contributed by atoms with E-state index in [1.54, 1.807) is 24.3 Å². The lowest BCUT2D eigenvalue weighted by atomic mass is 9.88. The van der Waals surface area contributed by atoms with E-state index in [1.807, 2.05) is 74.5 Å². The average Bonchev–Trinajstić information content (AvgIpc) is 2.99. The Morgan fingerprint density at radius 2 is 1.56 bits per heavy atom. The third-order valence-corrected chi connectivity index (χ3v) is 7.63. The van der Waals surface area contributed by atoms with Crippen LogP contribution in [-0.4, -0.2) is 32.3 Å². The zero-order valence-corrected chi connectivity index (χ0v) is 25.1. The predicted octanol–water partition coefficient (Wildman–Crippen LogP) is 5.75. The van der Waals surface area contributed by atoms with E-state index in [0.717, 1.165) is 15.8 Å². The fraction of sp³-hybridized carbons (Fsp3) is 0.152. The highest BCUT2D eigenvalue weighted by Crippen LogP contribution is 2.34. The molecule has 0 bridgehead atoms. The summed E-state index contributed by atoms with van der Waals surface area (Å²) in [6, 6.07) is 28.2. The maximum absolute atomic E-state index is 13.1. The molecular formula is C33H29BrN4O5. The van der Waals surface area contributed by atoms with Gasteiger partial charge in [-0.3, -0.25) is 14.6 Å². The molecule has 43 heavy (non-hydrogen) atoms. The average molecular weight is 642 g/mol. The number of nitrogens with one attached hydrogen (secondary N) is 2. The quantitative estimate of drug-likeness (QED) is 0.188. The lowest BCUT2D eigenvalue weighted by Crippen LogP contribution is -2.39. The fourth-order valence-electron chi connectivity index (χ4n) is 4.91. The number of halogens is 1. The van der Waals surface area contributed by atoms with E-state index in [1.165, 1.54) is 6.07 Å². The summed E-state index contributed by atoms with van der Waals surface area (Å²) in [5.41, 5.74) is 1.92. The van der Waals surface area contributed by atoms with E-state index in [2.05, 4.69) is 31.3 Å². The molecule has 0 aliphatic heterocycles. The van der Waals surface area contributed by atoms with Crippen molar-refractivity contribution in [3.63, 3.8) is 0 Å². The standard InChI is InChI=1S/C33H29BrN4O5/c1-20-17-24(18-21(2)30(20)43-25-13-14-28(39)27(34)19-25)38-33(42)36-32(41)29(37-38)31(40)35-16-15-26(22-9-5-3-6-10-22)23-11-7-4-8-12-23/h3-14,17-19,26,39H,15-16H2,1-2H3,(H,35,40)(H,36,41,42). The number of aromatic hydroxyl groups is 1. The molecule has 0 aliphatic carbocycles. The molecule has 1 heterocycles. The number of benzene rings is 4. The molecule has 0 unspecified atom stereocenters. The Morgan fingerprint density at radius 1 is 0.953 bits per heavy atom. The number of amides is 1. The number of carbonyl (C=O) groups is 1. The van der Waals surface area contributed by atoms with Gasteiger partial charge in [0.1, 0.15) is 17.2 Å². The topological polar surface area (TPSA) is 126 Å². The van der Waals surface area contributed by atoms with Gasteiger partial charge in [0.25, 0.3) is 11.5 Å². The highest BCUT2D eigenvalue weighted by Gasteiger charge is 2.19. The van der Waals surface area contributed by atoms with E-state index < -0.39 is 22.9 Å². The summed E-state index contributed by atoms with van der Waals surface area (Å²) in [5, 5.41) is 16.7. The molecule has 218 valence electrons. The first kappa shape index (κ1) is 29.5. The van der Waals surface area contributed by atoms with Gasteiger partial charge in [-0.15, -0.1) is 0 Å². The number of rotatable bonds is 9. The first-order chi connectivity index (χ1) is 20.7. The van der Waals surface area contributed by atoms with Crippen LogP contribution in [0.2, 0.25) is 0 Å². The van der Waals surface area contributed by atoms with E-state index >= 15 is 0 Å². The summed E-state index contributed by atoms with van der Waals surface area (Å²) in [6.07, 6.45) is 0.592. The molecule has 0 radical (unpaired) electrons. The zero-order chi connectivity index (χ0) is 30.5. The number of aromatic amines is 1. The molecule has 1 aromatic heterocycles. The molecule has 9 nitrogen and oxygen atoms in total. The highest BCUT2D eigenvalue weighted by atomic mass is 79.9. The molecule has 0 aliphatic rings. The van der Waals surface area contributed by atoms with Crippen LogP contribution in [0.1, 0.15) is 45.1 Å². The minimum Gasteiger partial charge on any atom is -0.507 e. The second-order valence-corrected chi connectivity index (χ2v) is 10.9. The van der Waals surface area contributed by atoms with Gasteiger partial charge in [-0.1, -0.05) is 60.7 Å². The van der Waals surface area contributed by atoms with Crippen molar-refractivity contribution in [3.8, 4) is 22.9 Å². The van der Waals surface area contributed by atoms with Crippen LogP contribution < -0.4 is 21.3 Å². The molecule has 10 heteroatoms. The van der Waals surface area contributed by atoms with Crippen molar-refractivity contribution in [2.45, 2.75) is 26.2 Å². The lowest BCUT2D eigenvalue weighted by molar-refractivity contribution is 0.0944. The largest absolute Gasteiger partial charge is 0.507 e. The summed E-state index contributed by atoms with van der Waals surface area (Å²) < 4.78 is 7.52. The Morgan fingerprint density at radius 3 is 2.14 bits per heavy atom. The molecule has 3 N–H and O–H groups in total. The Hall–Kier alpha value is -4.96. The Labute approximate surface area is 255 Å². The van der Waals surface area contributed by atoms with Crippen LogP contribution in [0.5, 0.6) is 17.2 Å². The van der Waals surface area contributed by atoms with Gasteiger partial charge in [-0.05, 0) is 88.8 Å². The third kappa shape index (κ3) is 6.76. The molecule has 0 saturated carbocycles. The molecule has 5 aromatic rings. The minimum atomic E-state index is -0.868. The maximum Gasteiger partial charge on any atom is 0.349 e. The Bertz CT molecular complexity index is 1830. The van der Waals surface area contributed by atoms with E-state index in [-0.39, 0.29) is 18.2 Å². The number of aromatic nitrogens is 3. The molecular weight excluding hydrogens is 612 g/mol. The summed E-state index contributed by atoms with van der Waals surface area (Å²) >= 11 is 3.28. The van der Waals surface area contributed by atoms with Crippen LogP contribution in [0.25, 0.3) is 5.69 Å². The number of hydrogen-bond donors (Lipinski definition) is 3. The number of phenols is 1. The molecule has 5 rings (SSSR count). The van der Waals surface area contributed by atoms with Crippen LogP contribution in [0.3, 0.4) is 0 Å². The van der Waals surface area contributed by atoms with Gasteiger partial charge in [-0.2, -0.15) is 9.78 Å². The lowest BCUT2D eigenvalue weighted by Gasteiger charge is -2.18. The number of H-pyrrole nitrogens is 1. The third-order valence-electron chi connectivity index (χ3n) is 6.99. The first-order valence-corrected chi connectivity index (χ1v) is 14.4. The number of ether oxygens (including phenoxy) is 1. The van der Waals surface area contributed by atoms with Gasteiger partial charge in [0.05, 0.1) is 10.2 Å². The number of hydrogen-bond acceptors (Lipinski definition) is 6. The van der Waals surface area contributed by atoms with E-state index in [0.29, 0.717) is 39.2 Å². The van der Waals surface area contributed by atoms with E-state index in [9.17, 15) is 19.5 Å². The van der Waals surface area contributed by atoms with Crippen molar-refractivity contribution < 1.29 is 14.6 Å². The molecule has 1 amide bonds. The Balaban J connectivity index is 1.36. The second kappa shape index (κ2) is 12.9. The fourth-order valence-corrected chi connectivity index (χ4v) is 5.27. The summed E-state index contributed by atoms with van der Waals surface area (Å²) in [4.78, 5) is 40.7. The molecule has 0 spiro atoms. The smallest absolute Gasteiger partial charge is 0.349 e. The van der Waals surface area contributed by atoms with Crippen LogP contribution in [0, 0.1) is 13.8 Å². The van der Waals surface area contributed by atoms with Crippen molar-refractivity contribution in [2.24, 2.45) is 0 Å². The van der Waals surface area contributed by atoms with Crippen LogP contribution >= 0.6 is 15.9 Å². The first-order valence-electron chi connectivity index (χ1n) is 13.6. The highest BCUT2D eigenvalue weighted by molar-refractivity contribution is 9.10. The van der Waals surface area contributed by atoms with Crippen LogP contribution in [-0.2, 0) is 0 Å². The normalized spacial score (nSPS) is 11.0. The number of phenolic OH excluding ortho intramolecular Hbond substituents is 1. The van der Waals surface area contributed by atoms with Gasteiger partial charge in [0.15, 0.2) is 0 Å². The van der Waals surface area contributed by atoms with Gasteiger partial charge in [0.2, 0.25) is 5.69 Å². The van der Waals surface area contributed by atoms with Crippen LogP contribution in [0.15, 0.2) is 105 Å². The van der Waals surface area contributed by atoms with Crippen molar-refractivity contribution in [2.75, 3.05) is 6.54 Å². The number of carbonyl (C=O) groups excluding carboxylic acids is 1. The van der Waals surface area contributed by atoms with Gasteiger partial charge in [0, 0.05) is 12.5 Å². The Kier molecular flexibility index (Phi) is 8.87. The van der Waals surface area contributed by atoms with Crippen molar-refractivity contribution in [1.82, 2.24) is 20.1 Å². The van der Waals surface area contributed by atoms with Crippen molar-refractivity contribution >= 4 is 21.8 Å². The van der Waals surface area contributed by atoms with Crippen LogP contribution in [0.4, 0.5) is 0 Å². The molecule has 4 aromatic carbocycles. The summed E-state index contributed by atoms with van der Waals surface area (Å²) in [5.74, 6) is 0.511. The minimum absolute atomic E-state index is 0.0391. The van der Waals surface area contributed by atoms with Crippen molar-refractivity contribution in [3.05, 3.63) is 144 Å². The summed E-state index contributed by atoms with van der Waals surface area (Å²) in [6.45, 7) is 3.90. The second-order valence-electron chi connectivity index (χ2n) is 10.1. The monoisotopic (exact) mass is 640 g/mol. The molecule has 0 atom stereocenters. The van der Waals surface area contributed by atoms with E-state index in [4.69, 9.17) is 4.74 Å². The SMILES string of the molecule is Cc1cc(-n2nc(C(=O)NCCC(c3ccccc3)c3ccccc3)c(=O)[nH]c2=O)cc(C)c1Oc1ccc(O)c(Br)c1. The van der Waals surface area contributed by atoms with Gasteiger partial charge in [-0.25, -0.2) is 4.79 Å². The zero-order valence-electron chi connectivity index (χ0n) is 23.5. The maximum atomic E-state index is 13.1. The molecule has 0 saturated heterocycles. The molecule has 0 fully saturated rings.